The highest BCUT2D eigenvalue weighted by Gasteiger charge is 2.25. The molecular formula is C21H23N3O. The molecule has 1 saturated carbocycles. The van der Waals surface area contributed by atoms with E-state index in [0.717, 1.165) is 42.0 Å². The summed E-state index contributed by atoms with van der Waals surface area (Å²) in [6.07, 6.45) is 7.16. The normalized spacial score (nSPS) is 19.9. The van der Waals surface area contributed by atoms with Gasteiger partial charge in [0.15, 0.2) is 0 Å². The number of aromatic nitrogens is 2. The molecule has 4 nitrogen and oxygen atoms in total. The zero-order chi connectivity index (χ0) is 17.1. The summed E-state index contributed by atoms with van der Waals surface area (Å²) in [5.74, 6) is 1.85. The second-order valence-electron chi connectivity index (χ2n) is 6.69. The topological polar surface area (TPSA) is 53.1 Å². The maximum absolute atomic E-state index is 6.09. The van der Waals surface area contributed by atoms with Crippen LogP contribution in [0.4, 0.5) is 0 Å². The minimum atomic E-state index is 0.306. The lowest BCUT2D eigenvalue weighted by Gasteiger charge is -2.16. The Balaban J connectivity index is 1.53. The Morgan fingerprint density at radius 3 is 2.76 bits per heavy atom. The fourth-order valence-electron chi connectivity index (χ4n) is 3.54. The maximum atomic E-state index is 6.09. The lowest BCUT2D eigenvalue weighted by Crippen LogP contribution is -2.16. The van der Waals surface area contributed by atoms with E-state index in [4.69, 9.17) is 10.5 Å². The van der Waals surface area contributed by atoms with Crippen molar-refractivity contribution in [1.29, 1.82) is 0 Å². The molecule has 1 aliphatic rings. The Labute approximate surface area is 148 Å². The fraction of sp³-hybridized carbons (Fsp3) is 0.286. The van der Waals surface area contributed by atoms with Crippen molar-refractivity contribution in [3.05, 3.63) is 72.6 Å². The lowest BCUT2D eigenvalue weighted by atomic mass is 10.1. The largest absolute Gasteiger partial charge is 0.489 e. The number of hydrogen-bond donors (Lipinski definition) is 1. The molecule has 0 bridgehead atoms. The molecule has 2 N–H and O–H groups in total. The average molecular weight is 333 g/mol. The van der Waals surface area contributed by atoms with Gasteiger partial charge in [-0.3, -0.25) is 0 Å². The molecule has 2 aromatic carbocycles. The highest BCUT2D eigenvalue weighted by atomic mass is 16.5. The summed E-state index contributed by atoms with van der Waals surface area (Å²) in [7, 11) is 0. The first-order valence-electron chi connectivity index (χ1n) is 8.85. The van der Waals surface area contributed by atoms with Gasteiger partial charge >= 0.3 is 0 Å². The van der Waals surface area contributed by atoms with Gasteiger partial charge < -0.3 is 15.0 Å². The van der Waals surface area contributed by atoms with Gasteiger partial charge in [0, 0.05) is 30.0 Å². The van der Waals surface area contributed by atoms with Gasteiger partial charge in [0.2, 0.25) is 0 Å². The molecule has 0 radical (unpaired) electrons. The van der Waals surface area contributed by atoms with Gasteiger partial charge in [-0.05, 0) is 37.0 Å². The smallest absolute Gasteiger partial charge is 0.140 e. The molecule has 0 unspecified atom stereocenters. The Kier molecular flexibility index (Phi) is 4.53. The number of rotatable bonds is 5. The van der Waals surface area contributed by atoms with Crippen LogP contribution < -0.4 is 10.5 Å². The number of hydrogen-bond acceptors (Lipinski definition) is 3. The fourth-order valence-corrected chi connectivity index (χ4v) is 3.54. The molecule has 4 rings (SSSR count). The number of benzene rings is 2. The van der Waals surface area contributed by atoms with Crippen LogP contribution in [-0.4, -0.2) is 15.6 Å². The van der Waals surface area contributed by atoms with Crippen LogP contribution in [0.3, 0.4) is 0 Å². The van der Waals surface area contributed by atoms with Gasteiger partial charge in [0.25, 0.3) is 0 Å². The van der Waals surface area contributed by atoms with Crippen LogP contribution >= 0.6 is 0 Å². The van der Waals surface area contributed by atoms with E-state index in [-0.39, 0.29) is 0 Å². The van der Waals surface area contributed by atoms with Crippen LogP contribution in [0, 0.1) is 0 Å². The highest BCUT2D eigenvalue weighted by molar-refractivity contribution is 5.58. The van der Waals surface area contributed by atoms with Crippen molar-refractivity contribution >= 4 is 0 Å². The molecule has 1 aromatic heterocycles. The van der Waals surface area contributed by atoms with E-state index in [2.05, 4.69) is 40.0 Å². The van der Waals surface area contributed by atoms with Gasteiger partial charge in [0.1, 0.15) is 18.2 Å². The lowest BCUT2D eigenvalue weighted by molar-refractivity contribution is 0.306. The molecule has 1 heterocycles. The third-order valence-corrected chi connectivity index (χ3v) is 4.85. The van der Waals surface area contributed by atoms with Crippen molar-refractivity contribution in [3.8, 4) is 17.1 Å². The molecule has 2 atom stereocenters. The highest BCUT2D eigenvalue weighted by Crippen LogP contribution is 2.33. The predicted octanol–water partition coefficient (Wildman–Crippen LogP) is 4.18. The van der Waals surface area contributed by atoms with E-state index < -0.39 is 0 Å². The van der Waals surface area contributed by atoms with Crippen LogP contribution in [-0.2, 0) is 6.61 Å². The van der Waals surface area contributed by atoms with Gasteiger partial charge in [0.05, 0.1) is 0 Å². The number of ether oxygens (including phenoxy) is 1. The Morgan fingerprint density at radius 2 is 1.96 bits per heavy atom. The van der Waals surface area contributed by atoms with Gasteiger partial charge in [-0.15, -0.1) is 0 Å². The predicted molar refractivity (Wildman–Crippen MR) is 99.3 cm³/mol. The van der Waals surface area contributed by atoms with Crippen LogP contribution in [0.2, 0.25) is 0 Å². The van der Waals surface area contributed by atoms with E-state index in [1.807, 2.05) is 36.5 Å². The minimum Gasteiger partial charge on any atom is -0.489 e. The van der Waals surface area contributed by atoms with Crippen molar-refractivity contribution in [2.24, 2.45) is 5.73 Å². The Bertz CT molecular complexity index is 828. The molecule has 3 aromatic rings. The molecule has 1 aliphatic carbocycles. The van der Waals surface area contributed by atoms with E-state index in [0.29, 0.717) is 18.7 Å². The summed E-state index contributed by atoms with van der Waals surface area (Å²) in [4.78, 5) is 4.58. The SMILES string of the molecule is N[C@@H]1CC[C@@H](n2ccnc2-c2cccc(OCc3ccccc3)c2)C1. The molecule has 1 fully saturated rings. The van der Waals surface area contributed by atoms with Gasteiger partial charge in [-0.1, -0.05) is 42.5 Å². The van der Waals surface area contributed by atoms with Crippen molar-refractivity contribution in [1.82, 2.24) is 9.55 Å². The summed E-state index contributed by atoms with van der Waals surface area (Å²) < 4.78 is 8.22. The van der Waals surface area contributed by atoms with E-state index >= 15 is 0 Å². The second-order valence-corrected chi connectivity index (χ2v) is 6.69. The van der Waals surface area contributed by atoms with E-state index in [9.17, 15) is 0 Å². The third-order valence-electron chi connectivity index (χ3n) is 4.85. The molecule has 0 spiro atoms. The zero-order valence-electron chi connectivity index (χ0n) is 14.2. The van der Waals surface area contributed by atoms with Gasteiger partial charge in [-0.2, -0.15) is 0 Å². The van der Waals surface area contributed by atoms with Crippen molar-refractivity contribution in [2.75, 3.05) is 0 Å². The molecule has 4 heteroatoms. The summed E-state index contributed by atoms with van der Waals surface area (Å²) in [6, 6.07) is 19.1. The average Bonchev–Trinajstić information content (AvgIpc) is 3.30. The first kappa shape index (κ1) is 15.9. The first-order chi connectivity index (χ1) is 12.3. The summed E-state index contributed by atoms with van der Waals surface area (Å²) >= 11 is 0. The third kappa shape index (κ3) is 3.59. The molecule has 0 amide bonds. The maximum Gasteiger partial charge on any atom is 0.140 e. The van der Waals surface area contributed by atoms with Crippen molar-refractivity contribution in [2.45, 2.75) is 38.0 Å². The standard InChI is InChI=1S/C21H23N3O/c22-18-9-10-19(14-18)24-12-11-23-21(24)17-7-4-8-20(13-17)25-15-16-5-2-1-3-6-16/h1-8,11-13,18-19H,9-10,14-15,22H2/t18-,19-/m1/s1. The first-order valence-corrected chi connectivity index (χ1v) is 8.85. The van der Waals surface area contributed by atoms with Crippen LogP contribution in [0.1, 0.15) is 30.9 Å². The van der Waals surface area contributed by atoms with Crippen LogP contribution in [0.5, 0.6) is 5.75 Å². The molecule has 0 saturated heterocycles. The summed E-state index contributed by atoms with van der Waals surface area (Å²) in [5.41, 5.74) is 8.33. The van der Waals surface area contributed by atoms with Crippen molar-refractivity contribution < 1.29 is 4.74 Å². The molecule has 25 heavy (non-hydrogen) atoms. The Morgan fingerprint density at radius 1 is 1.08 bits per heavy atom. The number of imidazole rings is 1. The monoisotopic (exact) mass is 333 g/mol. The minimum absolute atomic E-state index is 0.306. The summed E-state index contributed by atoms with van der Waals surface area (Å²) in [5, 5.41) is 0. The molecule has 0 aliphatic heterocycles. The Hall–Kier alpha value is -2.59. The van der Waals surface area contributed by atoms with Crippen molar-refractivity contribution in [3.63, 3.8) is 0 Å². The summed E-state index contributed by atoms with van der Waals surface area (Å²) in [6.45, 7) is 0.566. The van der Waals surface area contributed by atoms with Crippen LogP contribution in [0.25, 0.3) is 11.4 Å². The van der Waals surface area contributed by atoms with E-state index in [1.165, 1.54) is 0 Å². The second kappa shape index (κ2) is 7.11. The molecule has 128 valence electrons. The molecular weight excluding hydrogens is 310 g/mol. The number of nitrogens with two attached hydrogens (primary N) is 1. The van der Waals surface area contributed by atoms with E-state index in [1.54, 1.807) is 0 Å². The van der Waals surface area contributed by atoms with Gasteiger partial charge in [-0.25, -0.2) is 4.98 Å². The zero-order valence-corrected chi connectivity index (χ0v) is 14.2. The number of nitrogens with zero attached hydrogens (tertiary/aromatic N) is 2. The quantitative estimate of drug-likeness (QED) is 0.762. The van der Waals surface area contributed by atoms with Crippen LogP contribution in [0.15, 0.2) is 67.0 Å².